The molecule has 0 fully saturated rings. The lowest BCUT2D eigenvalue weighted by molar-refractivity contribution is 0.0989. The number of hydrogen-bond donors (Lipinski definition) is 2. The Morgan fingerprint density at radius 1 is 1.28 bits per heavy atom. The van der Waals surface area contributed by atoms with Gasteiger partial charge in [0.25, 0.3) is 11.8 Å². The van der Waals surface area contributed by atoms with Crippen molar-refractivity contribution in [2.45, 2.75) is 20.0 Å². The van der Waals surface area contributed by atoms with E-state index in [0.717, 1.165) is 0 Å². The predicted molar refractivity (Wildman–Crippen MR) is 92.7 cm³/mol. The van der Waals surface area contributed by atoms with Gasteiger partial charge in [-0.05, 0) is 32.0 Å². The molecule has 1 aromatic carbocycles. The van der Waals surface area contributed by atoms with Crippen molar-refractivity contribution in [3.63, 3.8) is 0 Å². The Morgan fingerprint density at radius 3 is 2.80 bits per heavy atom. The Hall–Kier alpha value is -3.35. The van der Waals surface area contributed by atoms with Crippen LogP contribution in [0.5, 0.6) is 5.75 Å². The number of anilines is 1. The van der Waals surface area contributed by atoms with E-state index in [1.807, 2.05) is 13.8 Å². The molecule has 3 aromatic rings. The smallest absolute Gasteiger partial charge is 0.257 e. The van der Waals surface area contributed by atoms with Crippen molar-refractivity contribution in [3.8, 4) is 5.75 Å². The van der Waals surface area contributed by atoms with E-state index in [1.54, 1.807) is 30.3 Å². The standard InChI is InChI=1S/C18H17N3O4/c1-10(2)25-16-12(17(19)22)4-3-5-14(16)21-18(23)11-8-15-13(20-9-11)6-7-24-15/h3-10H,1-2H3,(H2,19,22)(H,21,23). The summed E-state index contributed by atoms with van der Waals surface area (Å²) in [5.74, 6) is -0.795. The molecule has 0 radical (unpaired) electrons. The number of nitrogens with one attached hydrogen (secondary N) is 1. The molecule has 2 heterocycles. The van der Waals surface area contributed by atoms with Gasteiger partial charge in [-0.2, -0.15) is 0 Å². The van der Waals surface area contributed by atoms with Crippen molar-refractivity contribution in [2.24, 2.45) is 5.73 Å². The zero-order valence-electron chi connectivity index (χ0n) is 13.8. The van der Waals surface area contributed by atoms with Crippen molar-refractivity contribution in [2.75, 3.05) is 5.32 Å². The third-order valence-corrected chi connectivity index (χ3v) is 3.45. The van der Waals surface area contributed by atoms with Gasteiger partial charge < -0.3 is 20.2 Å². The summed E-state index contributed by atoms with van der Waals surface area (Å²) in [7, 11) is 0. The Labute approximate surface area is 143 Å². The van der Waals surface area contributed by atoms with Crippen LogP contribution in [0.1, 0.15) is 34.6 Å². The van der Waals surface area contributed by atoms with Gasteiger partial charge in [-0.25, -0.2) is 0 Å². The Kier molecular flexibility index (Phi) is 4.38. The maximum atomic E-state index is 12.5. The van der Waals surface area contributed by atoms with Gasteiger partial charge in [0.05, 0.1) is 29.2 Å². The van der Waals surface area contributed by atoms with Crippen LogP contribution in [-0.4, -0.2) is 22.9 Å². The fourth-order valence-electron chi connectivity index (χ4n) is 2.36. The molecule has 0 aliphatic heterocycles. The largest absolute Gasteiger partial charge is 0.488 e. The van der Waals surface area contributed by atoms with Crippen LogP contribution in [0.2, 0.25) is 0 Å². The number of rotatable bonds is 5. The molecule has 0 saturated heterocycles. The van der Waals surface area contributed by atoms with Crippen LogP contribution in [-0.2, 0) is 0 Å². The molecular formula is C18H17N3O4. The fourth-order valence-corrected chi connectivity index (χ4v) is 2.36. The SMILES string of the molecule is CC(C)Oc1c(NC(=O)c2cnc3ccoc3c2)cccc1C(N)=O. The number of primary amides is 1. The number of amides is 2. The lowest BCUT2D eigenvalue weighted by Crippen LogP contribution is -2.19. The second-order valence-corrected chi connectivity index (χ2v) is 5.70. The molecule has 0 spiro atoms. The monoisotopic (exact) mass is 339 g/mol. The van der Waals surface area contributed by atoms with Crippen molar-refractivity contribution >= 4 is 28.6 Å². The van der Waals surface area contributed by atoms with Gasteiger partial charge in [0.1, 0.15) is 5.52 Å². The summed E-state index contributed by atoms with van der Waals surface area (Å²) in [4.78, 5) is 28.3. The van der Waals surface area contributed by atoms with Crippen LogP contribution in [0.15, 0.2) is 47.2 Å². The summed E-state index contributed by atoms with van der Waals surface area (Å²) >= 11 is 0. The third kappa shape index (κ3) is 3.45. The highest BCUT2D eigenvalue weighted by Gasteiger charge is 2.18. The van der Waals surface area contributed by atoms with Gasteiger partial charge in [-0.15, -0.1) is 0 Å². The minimum atomic E-state index is -0.634. The van der Waals surface area contributed by atoms with E-state index in [0.29, 0.717) is 22.4 Å². The molecule has 0 aliphatic rings. The van der Waals surface area contributed by atoms with E-state index in [9.17, 15) is 9.59 Å². The van der Waals surface area contributed by atoms with Gasteiger partial charge in [-0.1, -0.05) is 6.07 Å². The zero-order chi connectivity index (χ0) is 18.0. The van der Waals surface area contributed by atoms with Crippen molar-refractivity contribution in [1.29, 1.82) is 0 Å². The lowest BCUT2D eigenvalue weighted by Gasteiger charge is -2.17. The minimum Gasteiger partial charge on any atom is -0.488 e. The van der Waals surface area contributed by atoms with Gasteiger partial charge in [0.2, 0.25) is 0 Å². The predicted octanol–water partition coefficient (Wildman–Crippen LogP) is 2.97. The number of benzene rings is 1. The number of ether oxygens (including phenoxy) is 1. The molecule has 3 N–H and O–H groups in total. The first-order valence-electron chi connectivity index (χ1n) is 7.70. The first-order valence-corrected chi connectivity index (χ1v) is 7.70. The Bertz CT molecular complexity index is 946. The van der Waals surface area contributed by atoms with E-state index < -0.39 is 11.8 Å². The summed E-state index contributed by atoms with van der Waals surface area (Å²) in [6.45, 7) is 3.64. The molecular weight excluding hydrogens is 322 g/mol. The number of carbonyl (C=O) groups is 2. The van der Waals surface area contributed by atoms with Gasteiger partial charge in [0, 0.05) is 12.3 Å². The maximum absolute atomic E-state index is 12.5. The van der Waals surface area contributed by atoms with Gasteiger partial charge >= 0.3 is 0 Å². The average molecular weight is 339 g/mol. The quantitative estimate of drug-likeness (QED) is 0.743. The van der Waals surface area contributed by atoms with Crippen LogP contribution >= 0.6 is 0 Å². The summed E-state index contributed by atoms with van der Waals surface area (Å²) in [5, 5.41) is 2.73. The Morgan fingerprint density at radius 2 is 2.08 bits per heavy atom. The lowest BCUT2D eigenvalue weighted by atomic mass is 10.1. The molecule has 25 heavy (non-hydrogen) atoms. The number of aromatic nitrogens is 1. The summed E-state index contributed by atoms with van der Waals surface area (Å²) in [6.07, 6.45) is 2.76. The van der Waals surface area contributed by atoms with Crippen LogP contribution in [0.4, 0.5) is 5.69 Å². The molecule has 2 aromatic heterocycles. The number of hydrogen-bond acceptors (Lipinski definition) is 5. The van der Waals surface area contributed by atoms with Gasteiger partial charge in [0.15, 0.2) is 11.3 Å². The normalized spacial score (nSPS) is 10.8. The van der Waals surface area contributed by atoms with E-state index in [1.165, 1.54) is 12.5 Å². The van der Waals surface area contributed by atoms with E-state index in [-0.39, 0.29) is 17.4 Å². The van der Waals surface area contributed by atoms with Gasteiger partial charge in [-0.3, -0.25) is 14.6 Å². The topological polar surface area (TPSA) is 107 Å². The van der Waals surface area contributed by atoms with Crippen molar-refractivity contribution in [1.82, 2.24) is 4.98 Å². The number of furan rings is 1. The number of nitrogens with zero attached hydrogens (tertiary/aromatic N) is 1. The van der Waals surface area contributed by atoms with E-state index >= 15 is 0 Å². The number of para-hydroxylation sites is 1. The molecule has 0 unspecified atom stereocenters. The highest BCUT2D eigenvalue weighted by atomic mass is 16.5. The highest BCUT2D eigenvalue weighted by Crippen LogP contribution is 2.30. The third-order valence-electron chi connectivity index (χ3n) is 3.45. The second kappa shape index (κ2) is 6.64. The minimum absolute atomic E-state index is 0.197. The molecule has 128 valence electrons. The summed E-state index contributed by atoms with van der Waals surface area (Å²) < 4.78 is 10.9. The van der Waals surface area contributed by atoms with Crippen molar-refractivity contribution in [3.05, 3.63) is 53.9 Å². The average Bonchev–Trinajstić information content (AvgIpc) is 3.03. The second-order valence-electron chi connectivity index (χ2n) is 5.70. The van der Waals surface area contributed by atoms with E-state index in [4.69, 9.17) is 14.9 Å². The van der Waals surface area contributed by atoms with Crippen LogP contribution in [0, 0.1) is 0 Å². The molecule has 0 bridgehead atoms. The maximum Gasteiger partial charge on any atom is 0.257 e. The van der Waals surface area contributed by atoms with Crippen LogP contribution < -0.4 is 15.8 Å². The molecule has 2 amide bonds. The van der Waals surface area contributed by atoms with Crippen LogP contribution in [0.25, 0.3) is 11.1 Å². The summed E-state index contributed by atoms with van der Waals surface area (Å²) in [6, 6.07) is 8.12. The van der Waals surface area contributed by atoms with Crippen molar-refractivity contribution < 1.29 is 18.7 Å². The summed E-state index contributed by atoms with van der Waals surface area (Å²) in [5.41, 5.74) is 7.45. The molecule has 3 rings (SSSR count). The molecule has 7 heteroatoms. The molecule has 7 nitrogen and oxygen atoms in total. The first-order chi connectivity index (χ1) is 12.0. The Balaban J connectivity index is 1.94. The first kappa shape index (κ1) is 16.5. The molecule has 0 saturated carbocycles. The number of fused-ring (bicyclic) bond motifs is 1. The van der Waals surface area contributed by atoms with E-state index in [2.05, 4.69) is 10.3 Å². The van der Waals surface area contributed by atoms with Crippen LogP contribution in [0.3, 0.4) is 0 Å². The number of pyridine rings is 1. The number of carbonyl (C=O) groups excluding carboxylic acids is 2. The highest BCUT2D eigenvalue weighted by molar-refractivity contribution is 6.07. The zero-order valence-corrected chi connectivity index (χ0v) is 13.8. The fraction of sp³-hybridized carbons (Fsp3) is 0.167. The molecule has 0 aliphatic carbocycles. The molecule has 0 atom stereocenters. The number of nitrogens with two attached hydrogens (primary N) is 1.